The van der Waals surface area contributed by atoms with Crippen LogP contribution in [0.25, 0.3) is 0 Å². The molecule has 4 rings (SSSR count). The topological polar surface area (TPSA) is 61.9 Å². The summed E-state index contributed by atoms with van der Waals surface area (Å²) in [5.41, 5.74) is 2.92. The number of piperazine rings is 1. The van der Waals surface area contributed by atoms with Gasteiger partial charge in [-0.15, -0.1) is 0 Å². The molecule has 1 aliphatic heterocycles. The molecule has 0 spiro atoms. The first-order valence-electron chi connectivity index (χ1n) is 12.2. The van der Waals surface area contributed by atoms with Crippen LogP contribution in [0.15, 0.2) is 54.6 Å². The maximum atomic E-state index is 12.6. The number of hydrogen-bond donors (Lipinski definition) is 1. The number of anilines is 2. The number of benzene rings is 2. The third-order valence-electron chi connectivity index (χ3n) is 6.73. The molecule has 0 aromatic heterocycles. The van der Waals surface area contributed by atoms with E-state index >= 15 is 0 Å². The number of hydrogen-bond acceptors (Lipinski definition) is 4. The van der Waals surface area contributed by atoms with Gasteiger partial charge in [0.1, 0.15) is 6.61 Å². The summed E-state index contributed by atoms with van der Waals surface area (Å²) < 4.78 is 5.50. The van der Waals surface area contributed by atoms with Gasteiger partial charge < -0.3 is 19.9 Å². The van der Waals surface area contributed by atoms with Crippen LogP contribution in [0.5, 0.6) is 0 Å². The average Bonchev–Trinajstić information content (AvgIpc) is 3.38. The lowest BCUT2D eigenvalue weighted by molar-refractivity contribution is -0.131. The van der Waals surface area contributed by atoms with Gasteiger partial charge in [0, 0.05) is 44.0 Å². The highest BCUT2D eigenvalue weighted by molar-refractivity contribution is 5.91. The molecular formula is C27H35N3O3. The van der Waals surface area contributed by atoms with Crippen molar-refractivity contribution in [2.45, 2.75) is 45.1 Å². The maximum absolute atomic E-state index is 12.6. The Kier molecular flexibility index (Phi) is 8.36. The summed E-state index contributed by atoms with van der Waals surface area (Å²) in [5, 5.41) is 2.88. The lowest BCUT2D eigenvalue weighted by Crippen LogP contribution is -2.48. The predicted octanol–water partition coefficient (Wildman–Crippen LogP) is 4.46. The van der Waals surface area contributed by atoms with Crippen molar-refractivity contribution >= 4 is 23.2 Å². The van der Waals surface area contributed by atoms with Crippen LogP contribution in [0.4, 0.5) is 11.4 Å². The molecule has 33 heavy (non-hydrogen) atoms. The van der Waals surface area contributed by atoms with E-state index in [0.717, 1.165) is 55.5 Å². The first-order valence-corrected chi connectivity index (χ1v) is 12.2. The van der Waals surface area contributed by atoms with Crippen LogP contribution in [0.1, 0.15) is 44.1 Å². The van der Waals surface area contributed by atoms with Gasteiger partial charge in [-0.05, 0) is 42.2 Å². The lowest BCUT2D eigenvalue weighted by Gasteiger charge is -2.36. The number of ether oxygens (including phenoxy) is 1. The van der Waals surface area contributed by atoms with Gasteiger partial charge in [0.2, 0.25) is 11.8 Å². The Morgan fingerprint density at radius 2 is 1.61 bits per heavy atom. The fourth-order valence-corrected chi connectivity index (χ4v) is 4.79. The minimum atomic E-state index is -0.164. The van der Waals surface area contributed by atoms with Crippen molar-refractivity contribution in [1.29, 1.82) is 0 Å². The van der Waals surface area contributed by atoms with Crippen LogP contribution in [-0.2, 0) is 20.9 Å². The van der Waals surface area contributed by atoms with Crippen molar-refractivity contribution < 1.29 is 14.3 Å². The Morgan fingerprint density at radius 1 is 0.909 bits per heavy atom. The molecular weight excluding hydrogens is 414 g/mol. The minimum Gasteiger partial charge on any atom is -0.368 e. The summed E-state index contributed by atoms with van der Waals surface area (Å²) in [4.78, 5) is 29.0. The first-order chi connectivity index (χ1) is 16.2. The molecule has 0 atom stereocenters. The van der Waals surface area contributed by atoms with Crippen molar-refractivity contribution in [3.05, 3.63) is 60.2 Å². The Labute approximate surface area is 196 Å². The van der Waals surface area contributed by atoms with Gasteiger partial charge in [0.25, 0.3) is 0 Å². The molecule has 2 aromatic carbocycles. The summed E-state index contributed by atoms with van der Waals surface area (Å²) >= 11 is 0. The Morgan fingerprint density at radius 3 is 2.30 bits per heavy atom. The second kappa shape index (κ2) is 11.8. The van der Waals surface area contributed by atoms with Crippen LogP contribution >= 0.6 is 0 Å². The van der Waals surface area contributed by atoms with E-state index in [1.54, 1.807) is 0 Å². The fourth-order valence-electron chi connectivity index (χ4n) is 4.79. The van der Waals surface area contributed by atoms with E-state index in [4.69, 9.17) is 4.74 Å². The van der Waals surface area contributed by atoms with Crippen molar-refractivity contribution in [2.75, 3.05) is 43.0 Å². The molecule has 0 bridgehead atoms. The van der Waals surface area contributed by atoms with Crippen LogP contribution in [0.3, 0.4) is 0 Å². The molecule has 176 valence electrons. The minimum absolute atomic E-state index is 0.0212. The Balaban J connectivity index is 1.16. The highest BCUT2D eigenvalue weighted by atomic mass is 16.5. The second-order valence-electron chi connectivity index (χ2n) is 9.13. The molecule has 2 fully saturated rings. The van der Waals surface area contributed by atoms with E-state index in [2.05, 4.69) is 10.2 Å². The number of nitrogens with one attached hydrogen (secondary N) is 1. The van der Waals surface area contributed by atoms with Crippen LogP contribution in [0.2, 0.25) is 0 Å². The number of carbonyl (C=O) groups is 2. The number of nitrogens with zero attached hydrogens (tertiary/aromatic N) is 2. The molecule has 1 aliphatic carbocycles. The fraction of sp³-hybridized carbons (Fsp3) is 0.481. The molecule has 1 N–H and O–H groups in total. The molecule has 0 radical (unpaired) electrons. The van der Waals surface area contributed by atoms with Gasteiger partial charge in [0.05, 0.1) is 6.61 Å². The van der Waals surface area contributed by atoms with Gasteiger partial charge >= 0.3 is 0 Å². The monoisotopic (exact) mass is 449 g/mol. The van der Waals surface area contributed by atoms with E-state index in [-0.39, 0.29) is 12.5 Å². The quantitative estimate of drug-likeness (QED) is 0.614. The first kappa shape index (κ1) is 23.3. The predicted molar refractivity (Wildman–Crippen MR) is 131 cm³/mol. The summed E-state index contributed by atoms with van der Waals surface area (Å²) in [7, 11) is 0. The second-order valence-corrected chi connectivity index (χ2v) is 9.13. The standard InChI is InChI=1S/C27H35N3O3/c31-26(21-33-20-23-8-2-1-3-9-23)28-24-11-13-25(14-12-24)29-16-18-30(19-17-29)27(32)15-10-22-6-4-5-7-22/h1-3,8-9,11-14,22H,4-7,10,15-21H2,(H,28,31). The average molecular weight is 450 g/mol. The van der Waals surface area contributed by atoms with Crippen molar-refractivity contribution in [1.82, 2.24) is 4.90 Å². The van der Waals surface area contributed by atoms with Gasteiger partial charge in [-0.3, -0.25) is 9.59 Å². The zero-order chi connectivity index (χ0) is 22.9. The van der Waals surface area contributed by atoms with E-state index in [1.165, 1.54) is 25.7 Å². The molecule has 2 amide bonds. The van der Waals surface area contributed by atoms with Gasteiger partial charge in [-0.25, -0.2) is 0 Å². The van der Waals surface area contributed by atoms with Crippen LogP contribution in [0, 0.1) is 5.92 Å². The number of amides is 2. The SMILES string of the molecule is O=C(COCc1ccccc1)Nc1ccc(N2CCN(C(=O)CCC3CCCC3)CC2)cc1. The molecule has 6 nitrogen and oxygen atoms in total. The molecule has 2 aliphatic rings. The summed E-state index contributed by atoms with van der Waals surface area (Å²) in [6, 6.07) is 17.7. The van der Waals surface area contributed by atoms with Crippen LogP contribution in [-0.4, -0.2) is 49.5 Å². The molecule has 6 heteroatoms. The van der Waals surface area contributed by atoms with Gasteiger partial charge in [-0.2, -0.15) is 0 Å². The van der Waals surface area contributed by atoms with Crippen molar-refractivity contribution in [3.8, 4) is 0 Å². The zero-order valence-corrected chi connectivity index (χ0v) is 19.4. The zero-order valence-electron chi connectivity index (χ0n) is 19.4. The van der Waals surface area contributed by atoms with Crippen molar-refractivity contribution in [2.24, 2.45) is 5.92 Å². The summed E-state index contributed by atoms with van der Waals surface area (Å²) in [6.07, 6.45) is 7.04. The van der Waals surface area contributed by atoms with E-state index in [1.807, 2.05) is 59.5 Å². The summed E-state index contributed by atoms with van der Waals surface area (Å²) in [5.74, 6) is 0.919. The van der Waals surface area contributed by atoms with E-state index in [0.29, 0.717) is 18.9 Å². The molecule has 1 saturated carbocycles. The smallest absolute Gasteiger partial charge is 0.250 e. The molecule has 2 aromatic rings. The Hall–Kier alpha value is -2.86. The van der Waals surface area contributed by atoms with Crippen molar-refractivity contribution in [3.63, 3.8) is 0 Å². The molecule has 1 saturated heterocycles. The normalized spacial score (nSPS) is 16.7. The number of rotatable bonds is 9. The highest BCUT2D eigenvalue weighted by Crippen LogP contribution is 2.29. The van der Waals surface area contributed by atoms with E-state index in [9.17, 15) is 9.59 Å². The third kappa shape index (κ3) is 7.06. The van der Waals surface area contributed by atoms with Gasteiger partial charge in [0.15, 0.2) is 0 Å². The lowest BCUT2D eigenvalue weighted by atomic mass is 10.0. The van der Waals surface area contributed by atoms with E-state index < -0.39 is 0 Å². The van der Waals surface area contributed by atoms with Crippen LogP contribution < -0.4 is 10.2 Å². The van der Waals surface area contributed by atoms with Gasteiger partial charge in [-0.1, -0.05) is 56.0 Å². The highest BCUT2D eigenvalue weighted by Gasteiger charge is 2.23. The summed E-state index contributed by atoms with van der Waals surface area (Å²) in [6.45, 7) is 3.68. The largest absolute Gasteiger partial charge is 0.368 e. The maximum Gasteiger partial charge on any atom is 0.250 e. The third-order valence-corrected chi connectivity index (χ3v) is 6.73. The molecule has 0 unspecified atom stereocenters. The number of carbonyl (C=O) groups excluding carboxylic acids is 2. The Bertz CT molecular complexity index is 887. The molecule has 1 heterocycles.